The van der Waals surface area contributed by atoms with Gasteiger partial charge in [-0.25, -0.2) is 13.2 Å². The van der Waals surface area contributed by atoms with E-state index in [0.717, 1.165) is 5.56 Å². The van der Waals surface area contributed by atoms with Crippen molar-refractivity contribution in [1.82, 2.24) is 0 Å². The number of rotatable bonds is 4. The molecular formula is C25H23F3O2. The number of aryl methyl sites for hydroxylation is 1. The van der Waals surface area contributed by atoms with Crippen molar-refractivity contribution in [2.75, 3.05) is 13.2 Å². The molecule has 1 aliphatic rings. The highest BCUT2D eigenvalue weighted by Gasteiger charge is 2.23. The zero-order valence-corrected chi connectivity index (χ0v) is 16.9. The minimum atomic E-state index is -0.844. The SMILES string of the molecule is CCc1ccc(-c2ccc(-c3ccc(C4COC(C)OC4)c(F)c3)cc2)c(F)c1F. The smallest absolute Gasteiger partial charge is 0.166 e. The fourth-order valence-electron chi connectivity index (χ4n) is 3.74. The van der Waals surface area contributed by atoms with E-state index in [4.69, 9.17) is 9.47 Å². The van der Waals surface area contributed by atoms with E-state index in [1.165, 1.54) is 6.07 Å². The maximum absolute atomic E-state index is 14.7. The topological polar surface area (TPSA) is 18.5 Å². The first-order valence-corrected chi connectivity index (χ1v) is 10.1. The molecule has 3 aromatic carbocycles. The van der Waals surface area contributed by atoms with E-state index in [-0.39, 0.29) is 23.6 Å². The van der Waals surface area contributed by atoms with Crippen LogP contribution >= 0.6 is 0 Å². The number of ether oxygens (including phenoxy) is 2. The molecule has 30 heavy (non-hydrogen) atoms. The van der Waals surface area contributed by atoms with Crippen LogP contribution < -0.4 is 0 Å². The molecule has 156 valence electrons. The van der Waals surface area contributed by atoms with Crippen molar-refractivity contribution in [1.29, 1.82) is 0 Å². The van der Waals surface area contributed by atoms with Gasteiger partial charge in [-0.15, -0.1) is 0 Å². The van der Waals surface area contributed by atoms with Crippen LogP contribution in [0.5, 0.6) is 0 Å². The summed E-state index contributed by atoms with van der Waals surface area (Å²) < 4.78 is 54.2. The van der Waals surface area contributed by atoms with E-state index in [9.17, 15) is 13.2 Å². The van der Waals surface area contributed by atoms with Crippen LogP contribution in [-0.4, -0.2) is 19.5 Å². The van der Waals surface area contributed by atoms with Crippen molar-refractivity contribution in [3.05, 3.63) is 83.2 Å². The van der Waals surface area contributed by atoms with E-state index >= 15 is 0 Å². The fourth-order valence-corrected chi connectivity index (χ4v) is 3.74. The summed E-state index contributed by atoms with van der Waals surface area (Å²) in [5.74, 6) is -2.10. The van der Waals surface area contributed by atoms with E-state index < -0.39 is 11.6 Å². The first-order chi connectivity index (χ1) is 14.5. The second kappa shape index (κ2) is 8.62. The number of halogens is 3. The van der Waals surface area contributed by atoms with E-state index in [1.807, 2.05) is 13.0 Å². The Labute approximate surface area is 174 Å². The molecule has 0 atom stereocenters. The summed E-state index contributed by atoms with van der Waals surface area (Å²) in [6, 6.07) is 15.3. The maximum Gasteiger partial charge on any atom is 0.166 e. The Morgan fingerprint density at radius 2 is 1.43 bits per heavy atom. The van der Waals surface area contributed by atoms with Crippen LogP contribution in [0, 0.1) is 17.5 Å². The Balaban J connectivity index is 1.57. The lowest BCUT2D eigenvalue weighted by Crippen LogP contribution is -2.29. The van der Waals surface area contributed by atoms with Crippen LogP contribution in [0.3, 0.4) is 0 Å². The Hall–Kier alpha value is -2.63. The molecule has 0 radical (unpaired) electrons. The lowest BCUT2D eigenvalue weighted by molar-refractivity contribution is -0.176. The molecule has 0 bridgehead atoms. The highest BCUT2D eigenvalue weighted by atomic mass is 19.2. The van der Waals surface area contributed by atoms with Gasteiger partial charge in [0.1, 0.15) is 5.82 Å². The van der Waals surface area contributed by atoms with Gasteiger partial charge in [-0.05, 0) is 47.2 Å². The Morgan fingerprint density at radius 1 is 0.800 bits per heavy atom. The predicted molar refractivity (Wildman–Crippen MR) is 111 cm³/mol. The largest absolute Gasteiger partial charge is 0.352 e. The number of hydrogen-bond acceptors (Lipinski definition) is 2. The minimum absolute atomic E-state index is 0.137. The predicted octanol–water partition coefficient (Wildman–Crippen LogP) is 6.48. The van der Waals surface area contributed by atoms with Crippen molar-refractivity contribution >= 4 is 0 Å². The monoisotopic (exact) mass is 412 g/mol. The van der Waals surface area contributed by atoms with Gasteiger partial charge in [0.15, 0.2) is 17.9 Å². The molecule has 1 aliphatic heterocycles. The fraction of sp³-hybridized carbons (Fsp3) is 0.280. The molecule has 0 unspecified atom stereocenters. The van der Waals surface area contributed by atoms with E-state index in [0.29, 0.717) is 41.9 Å². The maximum atomic E-state index is 14.7. The van der Waals surface area contributed by atoms with Crippen LogP contribution in [0.4, 0.5) is 13.2 Å². The molecule has 2 nitrogen and oxygen atoms in total. The van der Waals surface area contributed by atoms with Gasteiger partial charge >= 0.3 is 0 Å². The number of hydrogen-bond donors (Lipinski definition) is 0. The van der Waals surface area contributed by atoms with Crippen molar-refractivity contribution < 1.29 is 22.6 Å². The second-order valence-electron chi connectivity index (χ2n) is 7.50. The number of benzene rings is 3. The van der Waals surface area contributed by atoms with Gasteiger partial charge in [-0.2, -0.15) is 0 Å². The molecule has 1 heterocycles. The van der Waals surface area contributed by atoms with Gasteiger partial charge in [-0.1, -0.05) is 55.5 Å². The molecule has 3 aromatic rings. The van der Waals surface area contributed by atoms with E-state index in [2.05, 4.69) is 0 Å². The minimum Gasteiger partial charge on any atom is -0.352 e. The van der Waals surface area contributed by atoms with Gasteiger partial charge in [0.05, 0.1) is 13.2 Å². The van der Waals surface area contributed by atoms with Gasteiger partial charge < -0.3 is 9.47 Å². The van der Waals surface area contributed by atoms with Gasteiger partial charge in [-0.3, -0.25) is 0 Å². The van der Waals surface area contributed by atoms with Crippen LogP contribution in [0.1, 0.15) is 30.9 Å². The quantitative estimate of drug-likeness (QED) is 0.488. The van der Waals surface area contributed by atoms with Gasteiger partial charge in [0.2, 0.25) is 0 Å². The molecule has 0 amide bonds. The molecule has 1 saturated heterocycles. The third-order valence-corrected chi connectivity index (χ3v) is 5.58. The zero-order chi connectivity index (χ0) is 21.3. The molecule has 1 fully saturated rings. The first-order valence-electron chi connectivity index (χ1n) is 10.1. The van der Waals surface area contributed by atoms with Crippen molar-refractivity contribution in [3.63, 3.8) is 0 Å². The van der Waals surface area contributed by atoms with Crippen LogP contribution in [0.25, 0.3) is 22.3 Å². The van der Waals surface area contributed by atoms with Gasteiger partial charge in [0.25, 0.3) is 0 Å². The van der Waals surface area contributed by atoms with Crippen LogP contribution in [-0.2, 0) is 15.9 Å². The normalized spacial score (nSPS) is 19.1. The molecule has 0 aromatic heterocycles. The summed E-state index contributed by atoms with van der Waals surface area (Å²) in [4.78, 5) is 0. The van der Waals surface area contributed by atoms with Crippen molar-refractivity contribution in [2.45, 2.75) is 32.5 Å². The van der Waals surface area contributed by atoms with Crippen molar-refractivity contribution in [2.24, 2.45) is 0 Å². The average Bonchev–Trinajstić information content (AvgIpc) is 2.76. The molecule has 5 heteroatoms. The lowest BCUT2D eigenvalue weighted by atomic mass is 9.95. The highest BCUT2D eigenvalue weighted by molar-refractivity contribution is 5.71. The Bertz CT molecular complexity index is 1040. The van der Waals surface area contributed by atoms with Crippen molar-refractivity contribution in [3.8, 4) is 22.3 Å². The zero-order valence-electron chi connectivity index (χ0n) is 16.9. The summed E-state index contributed by atoms with van der Waals surface area (Å²) in [5.41, 5.74) is 3.20. The van der Waals surface area contributed by atoms with Crippen LogP contribution in [0.15, 0.2) is 54.6 Å². The third kappa shape index (κ3) is 4.00. The Morgan fingerprint density at radius 3 is 2.07 bits per heavy atom. The summed E-state index contributed by atoms with van der Waals surface area (Å²) >= 11 is 0. The molecule has 0 N–H and O–H groups in total. The van der Waals surface area contributed by atoms with Gasteiger partial charge in [0, 0.05) is 11.5 Å². The molecule has 0 saturated carbocycles. The summed E-state index contributed by atoms with van der Waals surface area (Å²) in [6.45, 7) is 4.44. The molecule has 4 rings (SSSR count). The summed E-state index contributed by atoms with van der Waals surface area (Å²) in [7, 11) is 0. The van der Waals surface area contributed by atoms with E-state index in [1.54, 1.807) is 49.4 Å². The third-order valence-electron chi connectivity index (χ3n) is 5.58. The average molecular weight is 412 g/mol. The summed E-state index contributed by atoms with van der Waals surface area (Å²) in [5, 5.41) is 0. The first kappa shape index (κ1) is 20.6. The van der Waals surface area contributed by atoms with Crippen LogP contribution in [0.2, 0.25) is 0 Å². The molecule has 0 aliphatic carbocycles. The lowest BCUT2D eigenvalue weighted by Gasteiger charge is -2.27. The standard InChI is InChI=1S/C25H23F3O2/c1-3-16-8-11-22(25(28)24(16)27)18-6-4-17(5-7-18)19-9-10-21(23(26)12-19)20-13-29-15(2)30-14-20/h4-12,15,20H,3,13-14H2,1-2H3. The Kier molecular flexibility index (Phi) is 5.93. The summed E-state index contributed by atoms with van der Waals surface area (Å²) in [6.07, 6.45) is 0.167. The second-order valence-corrected chi connectivity index (χ2v) is 7.50. The molecule has 0 spiro atoms. The molecular weight excluding hydrogens is 389 g/mol. The highest BCUT2D eigenvalue weighted by Crippen LogP contribution is 2.31.